The molecule has 3 aromatic rings. The second-order valence-electron chi connectivity index (χ2n) is 5.35. The van der Waals surface area contributed by atoms with E-state index < -0.39 is 0 Å². The molecule has 132 valence electrons. The molecule has 0 saturated carbocycles. The average molecular weight is 365 g/mol. The molecule has 0 aliphatic carbocycles. The Labute approximate surface area is 156 Å². The lowest BCUT2D eigenvalue weighted by Gasteiger charge is -2.11. The summed E-state index contributed by atoms with van der Waals surface area (Å²) in [5.74, 6) is 0.364. The van der Waals surface area contributed by atoms with E-state index >= 15 is 0 Å². The van der Waals surface area contributed by atoms with Crippen LogP contribution in [0, 0.1) is 0 Å². The van der Waals surface area contributed by atoms with E-state index in [1.807, 2.05) is 49.4 Å². The van der Waals surface area contributed by atoms with Gasteiger partial charge in [0.25, 0.3) is 5.91 Å². The van der Waals surface area contributed by atoms with Gasteiger partial charge in [-0.1, -0.05) is 36.0 Å². The van der Waals surface area contributed by atoms with Crippen molar-refractivity contribution in [3.8, 4) is 5.88 Å². The van der Waals surface area contributed by atoms with Crippen molar-refractivity contribution in [1.82, 2.24) is 15.3 Å². The Morgan fingerprint density at radius 3 is 2.62 bits per heavy atom. The maximum Gasteiger partial charge on any atom is 0.254 e. The van der Waals surface area contributed by atoms with Gasteiger partial charge >= 0.3 is 0 Å². The second-order valence-corrected chi connectivity index (χ2v) is 6.42. The first-order valence-corrected chi connectivity index (χ1v) is 9.12. The summed E-state index contributed by atoms with van der Waals surface area (Å²) in [5, 5.41) is 3.60. The van der Waals surface area contributed by atoms with E-state index in [1.165, 1.54) is 11.8 Å². The first-order valence-electron chi connectivity index (χ1n) is 8.30. The van der Waals surface area contributed by atoms with E-state index in [4.69, 9.17) is 4.74 Å². The fourth-order valence-electron chi connectivity index (χ4n) is 2.34. The maximum atomic E-state index is 12.7. The van der Waals surface area contributed by atoms with Gasteiger partial charge in [-0.05, 0) is 37.3 Å². The number of ether oxygens (including phenoxy) is 1. The second kappa shape index (κ2) is 9.01. The van der Waals surface area contributed by atoms with Crippen LogP contribution >= 0.6 is 11.8 Å². The van der Waals surface area contributed by atoms with Crippen LogP contribution < -0.4 is 10.1 Å². The molecule has 1 amide bonds. The van der Waals surface area contributed by atoms with Crippen molar-refractivity contribution in [3.05, 3.63) is 78.1 Å². The Balaban J connectivity index is 1.73. The Kier molecular flexibility index (Phi) is 6.22. The van der Waals surface area contributed by atoms with Crippen molar-refractivity contribution >= 4 is 17.7 Å². The normalized spacial score (nSPS) is 10.3. The summed E-state index contributed by atoms with van der Waals surface area (Å²) >= 11 is 1.47. The number of hydrogen-bond acceptors (Lipinski definition) is 5. The quantitative estimate of drug-likeness (QED) is 0.687. The fourth-order valence-corrected chi connectivity index (χ4v) is 3.24. The Hall–Kier alpha value is -2.86. The highest BCUT2D eigenvalue weighted by molar-refractivity contribution is 7.99. The molecule has 0 saturated heterocycles. The van der Waals surface area contributed by atoms with Gasteiger partial charge < -0.3 is 10.1 Å². The molecule has 2 aromatic heterocycles. The summed E-state index contributed by atoms with van der Waals surface area (Å²) in [6.45, 7) is 2.77. The largest absolute Gasteiger partial charge is 0.478 e. The minimum atomic E-state index is -0.178. The van der Waals surface area contributed by atoms with Crippen molar-refractivity contribution < 1.29 is 9.53 Å². The van der Waals surface area contributed by atoms with Crippen LogP contribution in [0.1, 0.15) is 22.8 Å². The molecular formula is C20H19N3O2S. The molecule has 0 bridgehead atoms. The van der Waals surface area contributed by atoms with E-state index in [1.54, 1.807) is 24.5 Å². The molecule has 1 N–H and O–H groups in total. The maximum absolute atomic E-state index is 12.7. The van der Waals surface area contributed by atoms with Crippen LogP contribution in [0.25, 0.3) is 0 Å². The molecule has 6 heteroatoms. The number of benzene rings is 1. The molecule has 0 aliphatic heterocycles. The van der Waals surface area contributed by atoms with Gasteiger partial charge in [0.1, 0.15) is 5.03 Å². The summed E-state index contributed by atoms with van der Waals surface area (Å²) in [6.07, 6.45) is 3.36. The predicted octanol–water partition coefficient (Wildman–Crippen LogP) is 3.96. The third kappa shape index (κ3) is 4.61. The van der Waals surface area contributed by atoms with Crippen LogP contribution in [0.4, 0.5) is 0 Å². The highest BCUT2D eigenvalue weighted by atomic mass is 32.2. The molecule has 0 unspecified atom stereocenters. The number of nitrogens with one attached hydrogen (secondary N) is 1. The lowest BCUT2D eigenvalue weighted by Crippen LogP contribution is -2.24. The minimum absolute atomic E-state index is 0.178. The third-order valence-electron chi connectivity index (χ3n) is 3.54. The highest BCUT2D eigenvalue weighted by Crippen LogP contribution is 2.28. The molecule has 0 radical (unpaired) electrons. The molecular weight excluding hydrogens is 346 g/mol. The number of carbonyl (C=O) groups excluding carboxylic acids is 1. The summed E-state index contributed by atoms with van der Waals surface area (Å²) in [4.78, 5) is 22.3. The monoisotopic (exact) mass is 365 g/mol. The molecule has 0 fully saturated rings. The number of amides is 1. The predicted molar refractivity (Wildman–Crippen MR) is 101 cm³/mol. The SMILES string of the molecule is CCOc1ncccc1CNC(=O)c1cccnc1Sc1ccccc1. The summed E-state index contributed by atoms with van der Waals surface area (Å²) < 4.78 is 5.50. The number of nitrogens with zero attached hydrogens (tertiary/aromatic N) is 2. The summed E-state index contributed by atoms with van der Waals surface area (Å²) in [6, 6.07) is 17.1. The molecule has 5 nitrogen and oxygen atoms in total. The van der Waals surface area contributed by atoms with E-state index in [0.717, 1.165) is 10.5 Å². The van der Waals surface area contributed by atoms with Gasteiger partial charge in [-0.3, -0.25) is 4.79 Å². The molecule has 0 atom stereocenters. The Bertz CT molecular complexity index is 872. The van der Waals surface area contributed by atoms with E-state index in [2.05, 4.69) is 15.3 Å². The fraction of sp³-hybridized carbons (Fsp3) is 0.150. The lowest BCUT2D eigenvalue weighted by atomic mass is 10.2. The van der Waals surface area contributed by atoms with Crippen molar-refractivity contribution in [2.24, 2.45) is 0 Å². The van der Waals surface area contributed by atoms with Gasteiger partial charge in [0, 0.05) is 29.4 Å². The van der Waals surface area contributed by atoms with Crippen LogP contribution in [0.3, 0.4) is 0 Å². The topological polar surface area (TPSA) is 64.1 Å². The molecule has 2 heterocycles. The molecule has 0 spiro atoms. The first kappa shape index (κ1) is 17.9. The lowest BCUT2D eigenvalue weighted by molar-refractivity contribution is 0.0947. The molecule has 26 heavy (non-hydrogen) atoms. The van der Waals surface area contributed by atoms with Gasteiger partial charge in [0.2, 0.25) is 5.88 Å². The van der Waals surface area contributed by atoms with Crippen LogP contribution in [-0.2, 0) is 6.54 Å². The van der Waals surface area contributed by atoms with Crippen molar-refractivity contribution in [2.45, 2.75) is 23.4 Å². The van der Waals surface area contributed by atoms with E-state index in [0.29, 0.717) is 29.6 Å². The minimum Gasteiger partial charge on any atom is -0.478 e. The van der Waals surface area contributed by atoms with Crippen LogP contribution in [0.2, 0.25) is 0 Å². The van der Waals surface area contributed by atoms with Gasteiger partial charge in [-0.2, -0.15) is 0 Å². The number of pyridine rings is 2. The number of hydrogen-bond donors (Lipinski definition) is 1. The molecule has 1 aromatic carbocycles. The summed E-state index contributed by atoms with van der Waals surface area (Å²) in [7, 11) is 0. The standard InChI is InChI=1S/C20H19N3O2S/c1-2-25-19-15(8-6-12-21-19)14-23-18(24)17-11-7-13-22-20(17)26-16-9-4-3-5-10-16/h3-13H,2,14H2,1H3,(H,23,24). The highest BCUT2D eigenvalue weighted by Gasteiger charge is 2.14. The molecule has 3 rings (SSSR count). The molecule has 0 aliphatic rings. The van der Waals surface area contributed by atoms with E-state index in [9.17, 15) is 4.79 Å². The first-order chi connectivity index (χ1) is 12.8. The number of aromatic nitrogens is 2. The average Bonchev–Trinajstić information content (AvgIpc) is 2.68. The van der Waals surface area contributed by atoms with Gasteiger partial charge in [-0.25, -0.2) is 9.97 Å². The van der Waals surface area contributed by atoms with E-state index in [-0.39, 0.29) is 5.91 Å². The van der Waals surface area contributed by atoms with Gasteiger partial charge in [-0.15, -0.1) is 0 Å². The Morgan fingerprint density at radius 1 is 1.04 bits per heavy atom. The number of rotatable bonds is 7. The number of carbonyl (C=O) groups is 1. The smallest absolute Gasteiger partial charge is 0.254 e. The van der Waals surface area contributed by atoms with Crippen molar-refractivity contribution in [1.29, 1.82) is 0 Å². The van der Waals surface area contributed by atoms with Gasteiger partial charge in [0.15, 0.2) is 0 Å². The van der Waals surface area contributed by atoms with Crippen molar-refractivity contribution in [2.75, 3.05) is 6.61 Å². The van der Waals surface area contributed by atoms with Crippen LogP contribution in [-0.4, -0.2) is 22.5 Å². The Morgan fingerprint density at radius 2 is 1.81 bits per heavy atom. The zero-order valence-electron chi connectivity index (χ0n) is 14.4. The summed E-state index contributed by atoms with van der Waals surface area (Å²) in [5.41, 5.74) is 1.38. The van der Waals surface area contributed by atoms with Crippen LogP contribution in [0.15, 0.2) is 76.9 Å². The third-order valence-corrected chi connectivity index (χ3v) is 4.57. The zero-order valence-corrected chi connectivity index (χ0v) is 15.2. The van der Waals surface area contributed by atoms with Crippen molar-refractivity contribution in [3.63, 3.8) is 0 Å². The zero-order chi connectivity index (χ0) is 18.2. The van der Waals surface area contributed by atoms with Gasteiger partial charge in [0.05, 0.1) is 12.2 Å². The van der Waals surface area contributed by atoms with Crippen LogP contribution in [0.5, 0.6) is 5.88 Å².